The van der Waals surface area contributed by atoms with Crippen LogP contribution in [0, 0.1) is 0 Å². The average molecular weight is 673 g/mol. The number of piperazine rings is 2. The molecule has 3 aliphatic rings. The first kappa shape index (κ1) is 31.4. The van der Waals surface area contributed by atoms with Crippen molar-refractivity contribution in [3.05, 3.63) is 94.6 Å². The first-order valence-corrected chi connectivity index (χ1v) is 17.2. The molecule has 0 atom stereocenters. The van der Waals surface area contributed by atoms with Crippen LogP contribution in [0.15, 0.2) is 78.0 Å². The van der Waals surface area contributed by atoms with Crippen molar-refractivity contribution >= 4 is 40.8 Å². The van der Waals surface area contributed by atoms with E-state index in [9.17, 15) is 4.79 Å². The summed E-state index contributed by atoms with van der Waals surface area (Å²) in [7, 11) is 1.68. The summed E-state index contributed by atoms with van der Waals surface area (Å²) in [5, 5.41) is 1.05. The van der Waals surface area contributed by atoms with Crippen LogP contribution in [-0.2, 0) is 12.3 Å². The minimum Gasteiger partial charge on any atom is -0.497 e. The van der Waals surface area contributed by atoms with Crippen LogP contribution < -0.4 is 24.0 Å². The molecular formula is C35H37ClN6O4S. The number of hydrogen-bond donors (Lipinski definition) is 0. The average Bonchev–Trinajstić information content (AvgIpc) is 3.59. The lowest BCUT2D eigenvalue weighted by Gasteiger charge is -2.36. The van der Waals surface area contributed by atoms with E-state index in [2.05, 4.69) is 37.9 Å². The maximum Gasteiger partial charge on any atom is 0.253 e. The van der Waals surface area contributed by atoms with Gasteiger partial charge in [0.2, 0.25) is 6.79 Å². The Morgan fingerprint density at radius 3 is 2.38 bits per heavy atom. The van der Waals surface area contributed by atoms with Crippen LogP contribution in [0.5, 0.6) is 17.2 Å². The van der Waals surface area contributed by atoms with Crippen molar-refractivity contribution in [1.29, 1.82) is 0 Å². The van der Waals surface area contributed by atoms with Crippen molar-refractivity contribution in [1.82, 2.24) is 19.8 Å². The molecule has 0 spiro atoms. The minimum absolute atomic E-state index is 0.0645. The first-order valence-electron chi connectivity index (χ1n) is 15.8. The Morgan fingerprint density at radius 1 is 0.830 bits per heavy atom. The zero-order valence-corrected chi connectivity index (χ0v) is 27.9. The highest BCUT2D eigenvalue weighted by Crippen LogP contribution is 2.33. The molecule has 0 N–H and O–H groups in total. The van der Waals surface area contributed by atoms with Crippen LogP contribution in [0.4, 0.5) is 11.5 Å². The van der Waals surface area contributed by atoms with Gasteiger partial charge in [0.1, 0.15) is 16.7 Å². The molecule has 0 bridgehead atoms. The van der Waals surface area contributed by atoms with Crippen molar-refractivity contribution in [3.8, 4) is 17.2 Å². The minimum atomic E-state index is 0.0645. The summed E-state index contributed by atoms with van der Waals surface area (Å²) in [4.78, 5) is 31.7. The summed E-state index contributed by atoms with van der Waals surface area (Å²) in [5.74, 6) is 3.99. The number of benzene rings is 3. The number of ether oxygens (including phenoxy) is 3. The number of fused-ring (bicyclic) bond motifs is 1. The quantitative estimate of drug-likeness (QED) is 0.130. The van der Waals surface area contributed by atoms with Gasteiger partial charge in [-0.2, -0.15) is 0 Å². The van der Waals surface area contributed by atoms with Crippen molar-refractivity contribution in [2.24, 2.45) is 0 Å². The summed E-state index contributed by atoms with van der Waals surface area (Å²) in [6.07, 6.45) is 0. The molecule has 4 heterocycles. The monoisotopic (exact) mass is 672 g/mol. The number of thioether (sulfide) groups is 1. The fraction of sp³-hybridized carbons (Fsp3) is 0.343. The second-order valence-corrected chi connectivity index (χ2v) is 13.1. The Morgan fingerprint density at radius 2 is 1.60 bits per heavy atom. The largest absolute Gasteiger partial charge is 0.497 e. The molecule has 2 fully saturated rings. The molecule has 10 nitrogen and oxygen atoms in total. The Balaban J connectivity index is 0.912. The topological polar surface area (TPSA) is 83.5 Å². The lowest BCUT2D eigenvalue weighted by atomic mass is 10.1. The third-order valence-corrected chi connectivity index (χ3v) is 9.86. The van der Waals surface area contributed by atoms with Crippen LogP contribution in [-0.4, -0.2) is 91.9 Å². The maximum absolute atomic E-state index is 13.4. The third kappa shape index (κ3) is 7.53. The fourth-order valence-corrected chi connectivity index (χ4v) is 7.15. The van der Waals surface area contributed by atoms with Crippen molar-refractivity contribution in [2.75, 3.05) is 76.1 Å². The molecule has 3 aromatic carbocycles. The molecule has 244 valence electrons. The van der Waals surface area contributed by atoms with Gasteiger partial charge in [0, 0.05) is 82.0 Å². The Labute approximate surface area is 284 Å². The molecule has 0 aliphatic carbocycles. The summed E-state index contributed by atoms with van der Waals surface area (Å²) in [5.41, 5.74) is 4.11. The van der Waals surface area contributed by atoms with Gasteiger partial charge in [-0.1, -0.05) is 41.6 Å². The molecule has 2 saturated heterocycles. The molecule has 1 aromatic heterocycles. The smallest absolute Gasteiger partial charge is 0.253 e. The zero-order chi connectivity index (χ0) is 32.2. The van der Waals surface area contributed by atoms with E-state index in [0.29, 0.717) is 34.7 Å². The Kier molecular flexibility index (Phi) is 9.55. The van der Waals surface area contributed by atoms with Gasteiger partial charge < -0.3 is 28.9 Å². The van der Waals surface area contributed by atoms with Gasteiger partial charge in [0.25, 0.3) is 5.91 Å². The van der Waals surface area contributed by atoms with E-state index in [4.69, 9.17) is 30.8 Å². The van der Waals surface area contributed by atoms with Crippen LogP contribution in [0.3, 0.4) is 0 Å². The van der Waals surface area contributed by atoms with Gasteiger partial charge in [-0.3, -0.25) is 9.69 Å². The molecule has 0 saturated carbocycles. The van der Waals surface area contributed by atoms with Gasteiger partial charge in [-0.25, -0.2) is 9.97 Å². The highest BCUT2D eigenvalue weighted by atomic mass is 35.5. The van der Waals surface area contributed by atoms with Gasteiger partial charge in [0.05, 0.1) is 7.11 Å². The number of hydrogen-bond acceptors (Lipinski definition) is 10. The number of halogens is 1. The Bertz CT molecular complexity index is 1710. The molecule has 3 aliphatic heterocycles. The van der Waals surface area contributed by atoms with Gasteiger partial charge in [0.15, 0.2) is 16.7 Å². The van der Waals surface area contributed by atoms with Crippen molar-refractivity contribution in [3.63, 3.8) is 0 Å². The number of anilines is 2. The summed E-state index contributed by atoms with van der Waals surface area (Å²) < 4.78 is 16.2. The zero-order valence-electron chi connectivity index (χ0n) is 26.3. The first-order chi connectivity index (χ1) is 23.0. The number of carbonyl (C=O) groups is 1. The highest BCUT2D eigenvalue weighted by molar-refractivity contribution is 7.98. The van der Waals surface area contributed by atoms with Crippen LogP contribution in [0.1, 0.15) is 21.5 Å². The summed E-state index contributed by atoms with van der Waals surface area (Å²) in [6, 6.07) is 24.0. The number of rotatable bonds is 9. The molecular weight excluding hydrogens is 636 g/mol. The van der Waals surface area contributed by atoms with Gasteiger partial charge >= 0.3 is 0 Å². The van der Waals surface area contributed by atoms with Crippen molar-refractivity contribution < 1.29 is 19.0 Å². The number of carbonyl (C=O) groups excluding carboxylic acids is 1. The van der Waals surface area contributed by atoms with E-state index in [-0.39, 0.29) is 12.7 Å². The van der Waals surface area contributed by atoms with Crippen LogP contribution >= 0.6 is 23.4 Å². The molecule has 4 aromatic rings. The molecule has 7 rings (SSSR count). The SMILES string of the molecule is COc1ccc(N2CCN(c3cc(Cl)nc(SCc4cccc(C(=O)N5CCN(Cc6ccc7c(c6)OCO7)CC5)c4)n3)CC2)cc1. The second kappa shape index (κ2) is 14.3. The molecule has 12 heteroatoms. The molecule has 47 heavy (non-hydrogen) atoms. The number of nitrogens with zero attached hydrogens (tertiary/aromatic N) is 6. The molecule has 0 radical (unpaired) electrons. The van der Waals surface area contributed by atoms with E-state index in [1.165, 1.54) is 23.0 Å². The maximum atomic E-state index is 13.4. The van der Waals surface area contributed by atoms with Gasteiger partial charge in [-0.05, 0) is 59.7 Å². The lowest BCUT2D eigenvalue weighted by molar-refractivity contribution is 0.0628. The van der Waals surface area contributed by atoms with E-state index < -0.39 is 0 Å². The van der Waals surface area contributed by atoms with Gasteiger partial charge in [-0.15, -0.1) is 0 Å². The lowest BCUT2D eigenvalue weighted by Crippen LogP contribution is -2.48. The molecule has 1 amide bonds. The number of aromatic nitrogens is 2. The van der Waals surface area contributed by atoms with Crippen LogP contribution in [0.25, 0.3) is 0 Å². The van der Waals surface area contributed by atoms with E-state index in [1.54, 1.807) is 7.11 Å². The highest BCUT2D eigenvalue weighted by Gasteiger charge is 2.24. The number of methoxy groups -OCH3 is 1. The van der Waals surface area contributed by atoms with Crippen molar-refractivity contribution in [2.45, 2.75) is 17.5 Å². The fourth-order valence-electron chi connectivity index (χ4n) is 6.13. The van der Waals surface area contributed by atoms with Crippen LogP contribution in [0.2, 0.25) is 5.15 Å². The van der Waals surface area contributed by atoms with E-state index >= 15 is 0 Å². The predicted molar refractivity (Wildman–Crippen MR) is 184 cm³/mol. The Hall–Kier alpha value is -4.19. The van der Waals surface area contributed by atoms with E-state index in [1.807, 2.05) is 59.5 Å². The molecule has 0 unspecified atom stereocenters. The number of amides is 1. The third-order valence-electron chi connectivity index (χ3n) is 8.75. The summed E-state index contributed by atoms with van der Waals surface area (Å²) in [6.45, 7) is 7.55. The predicted octanol–water partition coefficient (Wildman–Crippen LogP) is 5.44. The standard InChI is InChI=1S/C35H37ClN6O4S/c1-44-29-8-6-28(7-9-29)40-15-17-41(18-16-40)33-21-32(36)37-35(38-33)47-23-26-3-2-4-27(19-26)34(43)42-13-11-39(12-14-42)22-25-5-10-30-31(20-25)46-24-45-30/h2-10,19-21H,11-18,22-24H2,1H3. The normalized spacial score (nSPS) is 16.4. The second-order valence-electron chi connectivity index (χ2n) is 11.7. The summed E-state index contributed by atoms with van der Waals surface area (Å²) >= 11 is 7.98. The van der Waals surface area contributed by atoms with E-state index in [0.717, 1.165) is 74.4 Å².